The van der Waals surface area contributed by atoms with E-state index in [0.29, 0.717) is 19.6 Å². The molecular formula is C11H20N2O. The fourth-order valence-electron chi connectivity index (χ4n) is 1.25. The number of rotatable bonds is 7. The van der Waals surface area contributed by atoms with Crippen LogP contribution in [0, 0.1) is 5.92 Å². The highest BCUT2D eigenvalue weighted by Gasteiger charge is 2.17. The molecule has 0 aliphatic rings. The molecule has 0 aliphatic carbocycles. The molecule has 1 amide bonds. The van der Waals surface area contributed by atoms with Crippen LogP contribution in [0.25, 0.3) is 0 Å². The number of carbonyl (C=O) groups is 1. The van der Waals surface area contributed by atoms with Crippen LogP contribution in [0.1, 0.15) is 13.3 Å². The average Bonchev–Trinajstić information content (AvgIpc) is 2.17. The number of hydrogen-bond acceptors (Lipinski definition) is 2. The largest absolute Gasteiger partial charge is 0.335 e. The number of hydrogen-bond donors (Lipinski definition) is 1. The van der Waals surface area contributed by atoms with E-state index in [0.717, 1.165) is 6.42 Å². The first kappa shape index (κ1) is 12.9. The van der Waals surface area contributed by atoms with Gasteiger partial charge in [0.15, 0.2) is 0 Å². The lowest BCUT2D eigenvalue weighted by Gasteiger charge is -2.22. The van der Waals surface area contributed by atoms with Crippen LogP contribution in [0.3, 0.4) is 0 Å². The summed E-state index contributed by atoms with van der Waals surface area (Å²) < 4.78 is 0. The Bertz CT molecular complexity index is 191. The van der Waals surface area contributed by atoms with Gasteiger partial charge < -0.3 is 10.6 Å². The molecule has 0 rings (SSSR count). The SMILES string of the molecule is C=CCN(CC=C)C(=O)C(C)CCN. The lowest BCUT2D eigenvalue weighted by Crippen LogP contribution is -2.36. The quantitative estimate of drug-likeness (QED) is 0.621. The molecule has 0 aromatic heterocycles. The second-order valence-corrected chi connectivity index (χ2v) is 3.30. The molecule has 0 bridgehead atoms. The molecule has 0 fully saturated rings. The van der Waals surface area contributed by atoms with Crippen molar-refractivity contribution in [2.24, 2.45) is 11.7 Å². The van der Waals surface area contributed by atoms with Gasteiger partial charge in [-0.25, -0.2) is 0 Å². The number of nitrogens with zero attached hydrogens (tertiary/aromatic N) is 1. The average molecular weight is 196 g/mol. The topological polar surface area (TPSA) is 46.3 Å². The van der Waals surface area contributed by atoms with Gasteiger partial charge in [-0.15, -0.1) is 13.2 Å². The van der Waals surface area contributed by atoms with Gasteiger partial charge in [0.25, 0.3) is 0 Å². The molecule has 0 saturated carbocycles. The Morgan fingerprint density at radius 1 is 1.43 bits per heavy atom. The maximum absolute atomic E-state index is 11.8. The standard InChI is InChI=1S/C11H20N2O/c1-4-8-13(9-5-2)11(14)10(3)6-7-12/h4-5,10H,1-2,6-9,12H2,3H3. The van der Waals surface area contributed by atoms with E-state index in [1.807, 2.05) is 6.92 Å². The first-order valence-corrected chi connectivity index (χ1v) is 4.88. The minimum absolute atomic E-state index is 0.0140. The molecule has 0 aliphatic heterocycles. The maximum atomic E-state index is 11.8. The van der Waals surface area contributed by atoms with Gasteiger partial charge in [-0.2, -0.15) is 0 Å². The normalized spacial score (nSPS) is 11.9. The third kappa shape index (κ3) is 4.23. The molecule has 80 valence electrons. The van der Waals surface area contributed by atoms with Crippen LogP contribution in [0.2, 0.25) is 0 Å². The maximum Gasteiger partial charge on any atom is 0.226 e. The molecule has 14 heavy (non-hydrogen) atoms. The van der Waals surface area contributed by atoms with Crippen molar-refractivity contribution >= 4 is 5.91 Å². The van der Waals surface area contributed by atoms with Crippen molar-refractivity contribution in [3.05, 3.63) is 25.3 Å². The van der Waals surface area contributed by atoms with E-state index in [1.54, 1.807) is 17.1 Å². The fourth-order valence-corrected chi connectivity index (χ4v) is 1.25. The first-order chi connectivity index (χ1) is 6.67. The van der Waals surface area contributed by atoms with Crippen LogP contribution in [0.4, 0.5) is 0 Å². The Morgan fingerprint density at radius 2 is 1.93 bits per heavy atom. The predicted octanol–water partition coefficient (Wildman–Crippen LogP) is 1.17. The summed E-state index contributed by atoms with van der Waals surface area (Å²) >= 11 is 0. The number of nitrogens with two attached hydrogens (primary N) is 1. The molecule has 1 atom stereocenters. The molecule has 2 N–H and O–H groups in total. The summed E-state index contributed by atoms with van der Waals surface area (Å²) in [5.74, 6) is 0.107. The van der Waals surface area contributed by atoms with Crippen molar-refractivity contribution in [1.82, 2.24) is 4.90 Å². The number of carbonyl (C=O) groups excluding carboxylic acids is 1. The monoisotopic (exact) mass is 196 g/mol. The third-order valence-corrected chi connectivity index (χ3v) is 2.03. The lowest BCUT2D eigenvalue weighted by molar-refractivity contribution is -0.134. The second-order valence-electron chi connectivity index (χ2n) is 3.30. The highest BCUT2D eigenvalue weighted by molar-refractivity contribution is 5.78. The zero-order valence-corrected chi connectivity index (χ0v) is 8.91. The highest BCUT2D eigenvalue weighted by Crippen LogP contribution is 2.06. The van der Waals surface area contributed by atoms with Gasteiger partial charge in [0.05, 0.1) is 0 Å². The lowest BCUT2D eigenvalue weighted by atomic mass is 10.1. The van der Waals surface area contributed by atoms with Crippen LogP contribution >= 0.6 is 0 Å². The Kier molecular flexibility index (Phi) is 6.76. The van der Waals surface area contributed by atoms with E-state index in [9.17, 15) is 4.79 Å². The van der Waals surface area contributed by atoms with Crippen molar-refractivity contribution in [2.45, 2.75) is 13.3 Å². The highest BCUT2D eigenvalue weighted by atomic mass is 16.2. The number of amides is 1. The molecule has 0 aromatic rings. The molecule has 0 saturated heterocycles. The van der Waals surface area contributed by atoms with E-state index in [1.165, 1.54) is 0 Å². The summed E-state index contributed by atoms with van der Waals surface area (Å²) in [4.78, 5) is 13.5. The van der Waals surface area contributed by atoms with Gasteiger partial charge in [-0.05, 0) is 13.0 Å². The summed E-state index contributed by atoms with van der Waals surface area (Å²) in [7, 11) is 0. The van der Waals surface area contributed by atoms with Crippen molar-refractivity contribution in [3.63, 3.8) is 0 Å². The van der Waals surface area contributed by atoms with Gasteiger partial charge in [-0.3, -0.25) is 4.79 Å². The third-order valence-electron chi connectivity index (χ3n) is 2.03. The Balaban J connectivity index is 4.25. The van der Waals surface area contributed by atoms with Gasteiger partial charge in [0, 0.05) is 19.0 Å². The summed E-state index contributed by atoms with van der Waals surface area (Å²) in [5.41, 5.74) is 5.40. The molecule has 0 radical (unpaired) electrons. The Morgan fingerprint density at radius 3 is 2.29 bits per heavy atom. The van der Waals surface area contributed by atoms with Crippen molar-refractivity contribution in [3.8, 4) is 0 Å². The summed E-state index contributed by atoms with van der Waals surface area (Å²) in [6.45, 7) is 10.8. The zero-order valence-electron chi connectivity index (χ0n) is 8.91. The van der Waals surface area contributed by atoms with Crippen LogP contribution < -0.4 is 5.73 Å². The fraction of sp³-hybridized carbons (Fsp3) is 0.545. The van der Waals surface area contributed by atoms with E-state index < -0.39 is 0 Å². The van der Waals surface area contributed by atoms with E-state index in [-0.39, 0.29) is 11.8 Å². The minimum atomic E-state index is -0.0140. The molecule has 0 heterocycles. The summed E-state index contributed by atoms with van der Waals surface area (Å²) in [6, 6.07) is 0. The molecule has 3 heteroatoms. The van der Waals surface area contributed by atoms with Gasteiger partial charge >= 0.3 is 0 Å². The summed E-state index contributed by atoms with van der Waals surface area (Å²) in [6.07, 6.45) is 4.16. The van der Waals surface area contributed by atoms with Crippen LogP contribution in [-0.4, -0.2) is 30.4 Å². The molecule has 1 unspecified atom stereocenters. The molecule has 0 spiro atoms. The summed E-state index contributed by atoms with van der Waals surface area (Å²) in [5, 5.41) is 0. The van der Waals surface area contributed by atoms with Crippen molar-refractivity contribution < 1.29 is 4.79 Å². The van der Waals surface area contributed by atoms with Crippen LogP contribution in [-0.2, 0) is 4.79 Å². The van der Waals surface area contributed by atoms with E-state index >= 15 is 0 Å². The van der Waals surface area contributed by atoms with E-state index in [4.69, 9.17) is 5.73 Å². The molecular weight excluding hydrogens is 176 g/mol. The van der Waals surface area contributed by atoms with Crippen LogP contribution in [0.5, 0.6) is 0 Å². The predicted molar refractivity (Wildman–Crippen MR) is 59.8 cm³/mol. The molecule has 3 nitrogen and oxygen atoms in total. The smallest absolute Gasteiger partial charge is 0.226 e. The minimum Gasteiger partial charge on any atom is -0.335 e. The zero-order chi connectivity index (χ0) is 11.0. The second kappa shape index (κ2) is 7.33. The van der Waals surface area contributed by atoms with Crippen LogP contribution in [0.15, 0.2) is 25.3 Å². The van der Waals surface area contributed by atoms with E-state index in [2.05, 4.69) is 13.2 Å². The van der Waals surface area contributed by atoms with Crippen molar-refractivity contribution in [2.75, 3.05) is 19.6 Å². The molecule has 0 aromatic carbocycles. The van der Waals surface area contributed by atoms with Gasteiger partial charge in [-0.1, -0.05) is 19.1 Å². The Hall–Kier alpha value is -1.09. The Labute approximate surface area is 86.3 Å². The van der Waals surface area contributed by atoms with Gasteiger partial charge in [0.2, 0.25) is 5.91 Å². The first-order valence-electron chi connectivity index (χ1n) is 4.88. The van der Waals surface area contributed by atoms with Crippen molar-refractivity contribution in [1.29, 1.82) is 0 Å². The van der Waals surface area contributed by atoms with Gasteiger partial charge in [0.1, 0.15) is 0 Å².